The van der Waals surface area contributed by atoms with Crippen molar-refractivity contribution >= 4 is 38.8 Å². The van der Waals surface area contributed by atoms with E-state index in [2.05, 4.69) is 46.9 Å². The fourth-order valence-electron chi connectivity index (χ4n) is 8.01. The van der Waals surface area contributed by atoms with Gasteiger partial charge in [-0.15, -0.1) is 0 Å². The molecule has 3 aliphatic rings. The summed E-state index contributed by atoms with van der Waals surface area (Å²) >= 11 is 3.79. The summed E-state index contributed by atoms with van der Waals surface area (Å²) in [5.41, 5.74) is 4.00. The van der Waals surface area contributed by atoms with Crippen molar-refractivity contribution in [3.05, 3.63) is 62.8 Å². The fraction of sp³-hybridized carbons (Fsp3) is 0.471. The number of nitrogens with zero attached hydrogens (tertiary/aromatic N) is 1. The number of fused-ring (bicyclic) bond motifs is 6. The van der Waals surface area contributed by atoms with Gasteiger partial charge in [-0.3, -0.25) is 4.79 Å². The van der Waals surface area contributed by atoms with Crippen LogP contribution in [0.3, 0.4) is 0 Å². The molecule has 0 saturated carbocycles. The summed E-state index contributed by atoms with van der Waals surface area (Å²) in [5, 5.41) is 0.999. The summed E-state index contributed by atoms with van der Waals surface area (Å²) in [6.07, 6.45) is 3.51. The summed E-state index contributed by atoms with van der Waals surface area (Å²) < 4.78 is 30.6. The van der Waals surface area contributed by atoms with Crippen LogP contribution in [0.1, 0.15) is 55.0 Å². The van der Waals surface area contributed by atoms with E-state index in [1.165, 1.54) is 19.8 Å². The molecular weight excluding hydrogens is 708 g/mol. The minimum absolute atomic E-state index is 0. The highest BCUT2D eigenvalue weighted by molar-refractivity contribution is 9.10. The van der Waals surface area contributed by atoms with Crippen molar-refractivity contribution in [1.29, 1.82) is 0 Å². The van der Waals surface area contributed by atoms with Crippen molar-refractivity contribution in [1.82, 2.24) is 4.98 Å². The third-order valence-corrected chi connectivity index (χ3v) is 10.5. The lowest BCUT2D eigenvalue weighted by atomic mass is 9.66. The second kappa shape index (κ2) is 12.6. The molecule has 1 N–H and O–H groups in total. The van der Waals surface area contributed by atoms with Crippen molar-refractivity contribution < 1.29 is 54.7 Å². The molecule has 45 heavy (non-hydrogen) atoms. The molecular formula is C34H40Br2N2O7. The predicted octanol–water partition coefficient (Wildman–Crippen LogP) is 2.77. The van der Waals surface area contributed by atoms with E-state index in [0.29, 0.717) is 57.9 Å². The summed E-state index contributed by atoms with van der Waals surface area (Å²) in [6.45, 7) is 6.87. The van der Waals surface area contributed by atoms with Crippen molar-refractivity contribution in [2.75, 3.05) is 54.7 Å². The van der Waals surface area contributed by atoms with Gasteiger partial charge in [0.15, 0.2) is 6.54 Å². The monoisotopic (exact) mass is 746 g/mol. The number of hydrogen-bond donors (Lipinski definition) is 1. The van der Waals surface area contributed by atoms with Gasteiger partial charge in [-0.05, 0) is 40.4 Å². The first-order valence-corrected chi connectivity index (χ1v) is 15.9. The van der Waals surface area contributed by atoms with E-state index in [0.717, 1.165) is 40.7 Å². The van der Waals surface area contributed by atoms with Crippen LogP contribution in [0, 0.1) is 5.92 Å². The number of aromatic nitrogens is 1. The van der Waals surface area contributed by atoms with E-state index in [1.807, 2.05) is 18.2 Å². The topological polar surface area (TPSA) is 96.1 Å². The second-order valence-corrected chi connectivity index (χ2v) is 13.1. The summed E-state index contributed by atoms with van der Waals surface area (Å²) in [6, 6.07) is 8.07. The van der Waals surface area contributed by atoms with Gasteiger partial charge in [-0.1, -0.05) is 38.1 Å². The number of methoxy groups -OCH3 is 4. The van der Waals surface area contributed by atoms with Crippen LogP contribution in [-0.2, 0) is 31.0 Å². The van der Waals surface area contributed by atoms with E-state index in [4.69, 9.17) is 23.7 Å². The Kier molecular flexibility index (Phi) is 9.37. The standard InChI is InChI=1S/C34H40BrN2O7.BrH/c1-7-20-12-21-13-34(33(39)43-6,27-29(41-4)26-19(2)18-44-30(26)28(35)31(27)42-5)32-23(22-10-8-9-11-24(22)36-32)16-37(14-20,15-21)17-25(38)40-3;/h8-12,19,21,36H,7,13-18H2,1-6H3;1H/q+1;/p-1/t19?,21-,34-,37?;/m0./s1. The van der Waals surface area contributed by atoms with Crippen LogP contribution in [0.15, 0.2) is 40.4 Å². The first kappa shape index (κ1) is 33.3. The van der Waals surface area contributed by atoms with Crippen LogP contribution < -0.4 is 31.2 Å². The Labute approximate surface area is 282 Å². The second-order valence-electron chi connectivity index (χ2n) is 12.3. The number of benzene rings is 2. The van der Waals surface area contributed by atoms with Gasteiger partial charge in [-0.25, -0.2) is 4.79 Å². The lowest BCUT2D eigenvalue weighted by Gasteiger charge is -2.47. The van der Waals surface area contributed by atoms with E-state index in [9.17, 15) is 9.59 Å². The summed E-state index contributed by atoms with van der Waals surface area (Å²) in [5.74, 6) is 0.987. The lowest BCUT2D eigenvalue weighted by molar-refractivity contribution is -0.934. The Balaban J connectivity index is 0.00000400. The first-order valence-electron chi connectivity index (χ1n) is 15.1. The molecule has 0 aliphatic carbocycles. The average molecular weight is 749 g/mol. The Hall–Kier alpha value is -3.02. The molecule has 2 bridgehead atoms. The smallest absolute Gasteiger partial charge is 0.361 e. The number of carbonyl (C=O) groups excluding carboxylic acids is 2. The van der Waals surface area contributed by atoms with Gasteiger partial charge >= 0.3 is 11.9 Å². The van der Waals surface area contributed by atoms with Gasteiger partial charge < -0.3 is 50.1 Å². The zero-order chi connectivity index (χ0) is 31.4. The SMILES string of the molecule is CCC1=C[C@H]2C[C@](C(=O)OC)(c3c(OC)c(Br)c4c(c3OC)C(C)CO4)c3[nH]c4ccccc4c3C[N+](CC(=O)OC)(C1)C2.[Br-]. The molecule has 3 aliphatic heterocycles. The van der Waals surface area contributed by atoms with Crippen molar-refractivity contribution in [3.63, 3.8) is 0 Å². The molecule has 11 heteroatoms. The molecule has 0 spiro atoms. The maximum Gasteiger partial charge on any atom is 0.361 e. The number of carbonyl (C=O) groups is 2. The van der Waals surface area contributed by atoms with E-state index in [1.54, 1.807) is 14.2 Å². The van der Waals surface area contributed by atoms with Gasteiger partial charge in [0.05, 0.1) is 47.2 Å². The summed E-state index contributed by atoms with van der Waals surface area (Å²) in [4.78, 5) is 31.4. The van der Waals surface area contributed by atoms with Crippen LogP contribution in [-0.4, -0.2) is 76.1 Å². The number of esters is 2. The van der Waals surface area contributed by atoms with Gasteiger partial charge in [0.25, 0.3) is 0 Å². The van der Waals surface area contributed by atoms with Crippen molar-refractivity contribution in [3.8, 4) is 17.2 Å². The van der Waals surface area contributed by atoms with Gasteiger partial charge in [0.1, 0.15) is 40.2 Å². The Morgan fingerprint density at radius 3 is 2.49 bits per heavy atom. The van der Waals surface area contributed by atoms with Crippen LogP contribution in [0.4, 0.5) is 0 Å². The maximum absolute atomic E-state index is 14.7. The third kappa shape index (κ3) is 5.15. The highest BCUT2D eigenvalue weighted by Crippen LogP contribution is 2.59. The molecule has 0 saturated heterocycles. The highest BCUT2D eigenvalue weighted by Gasteiger charge is 2.56. The first-order chi connectivity index (χ1) is 21.2. The zero-order valence-corrected chi connectivity index (χ0v) is 29.7. The molecule has 4 atom stereocenters. The number of rotatable bonds is 7. The van der Waals surface area contributed by atoms with Crippen LogP contribution in [0.5, 0.6) is 17.2 Å². The predicted molar refractivity (Wildman–Crippen MR) is 169 cm³/mol. The molecule has 4 heterocycles. The van der Waals surface area contributed by atoms with E-state index >= 15 is 0 Å². The molecule has 0 radical (unpaired) electrons. The van der Waals surface area contributed by atoms with Crippen LogP contribution in [0.25, 0.3) is 10.9 Å². The highest BCUT2D eigenvalue weighted by atomic mass is 79.9. The van der Waals surface area contributed by atoms with Crippen molar-refractivity contribution in [2.45, 2.75) is 44.6 Å². The lowest BCUT2D eigenvalue weighted by Crippen LogP contribution is -3.00. The molecule has 2 unspecified atom stereocenters. The van der Waals surface area contributed by atoms with Gasteiger partial charge in [0, 0.05) is 39.6 Å². The number of halogens is 2. The minimum Gasteiger partial charge on any atom is -1.00 e. The fourth-order valence-corrected chi connectivity index (χ4v) is 8.70. The average Bonchev–Trinajstić information content (AvgIpc) is 3.59. The Morgan fingerprint density at radius 1 is 1.09 bits per heavy atom. The third-order valence-electron chi connectivity index (χ3n) is 9.76. The molecule has 9 nitrogen and oxygen atoms in total. The number of hydrogen-bond acceptors (Lipinski definition) is 7. The van der Waals surface area contributed by atoms with Gasteiger partial charge in [-0.2, -0.15) is 0 Å². The summed E-state index contributed by atoms with van der Waals surface area (Å²) in [7, 11) is 6.11. The van der Waals surface area contributed by atoms with E-state index in [-0.39, 0.29) is 41.3 Å². The number of ether oxygens (including phenoxy) is 5. The van der Waals surface area contributed by atoms with Crippen LogP contribution in [0.2, 0.25) is 0 Å². The largest absolute Gasteiger partial charge is 1.00 e. The number of H-pyrrole nitrogens is 1. The molecule has 242 valence electrons. The maximum atomic E-state index is 14.7. The Bertz CT molecular complexity index is 1680. The molecule has 0 fully saturated rings. The number of nitrogens with one attached hydrogen (secondary N) is 1. The minimum atomic E-state index is -1.35. The number of aromatic amines is 1. The molecule has 1 aromatic heterocycles. The molecule has 6 rings (SSSR count). The molecule has 0 amide bonds. The van der Waals surface area contributed by atoms with Crippen molar-refractivity contribution in [2.24, 2.45) is 5.92 Å². The molecule has 3 aromatic rings. The molecule has 2 aromatic carbocycles. The number of quaternary nitrogens is 1. The number of para-hydroxylation sites is 1. The zero-order valence-electron chi connectivity index (χ0n) is 26.6. The van der Waals surface area contributed by atoms with Crippen LogP contribution >= 0.6 is 15.9 Å². The normalized spacial score (nSPS) is 25.0. The quantitative estimate of drug-likeness (QED) is 0.226. The Morgan fingerprint density at radius 2 is 1.82 bits per heavy atom. The van der Waals surface area contributed by atoms with E-state index < -0.39 is 11.4 Å². The van der Waals surface area contributed by atoms with Gasteiger partial charge in [0.2, 0.25) is 0 Å².